The Hall–Kier alpha value is -0.890. The molecule has 0 bridgehead atoms. The fourth-order valence-corrected chi connectivity index (χ4v) is 3.30. The lowest BCUT2D eigenvalue weighted by atomic mass is 10.4. The van der Waals surface area contributed by atoms with Crippen LogP contribution in [0.2, 0.25) is 0 Å². The van der Waals surface area contributed by atoms with Crippen LogP contribution in [0, 0.1) is 0 Å². The third-order valence-corrected chi connectivity index (χ3v) is 4.69. The SMILES string of the molecule is O=S(=O)(O)c1cnccc1Sc1ccc(Br)cc1. The quantitative estimate of drug-likeness (QED) is 0.865. The summed E-state index contributed by atoms with van der Waals surface area (Å²) in [4.78, 5) is 4.83. The Morgan fingerprint density at radius 2 is 1.83 bits per heavy atom. The van der Waals surface area contributed by atoms with Crippen LogP contribution in [-0.2, 0) is 10.1 Å². The Balaban J connectivity index is 2.38. The van der Waals surface area contributed by atoms with Gasteiger partial charge in [-0.05, 0) is 30.3 Å². The van der Waals surface area contributed by atoms with E-state index in [0.29, 0.717) is 4.90 Å². The van der Waals surface area contributed by atoms with Gasteiger partial charge in [0.2, 0.25) is 0 Å². The summed E-state index contributed by atoms with van der Waals surface area (Å²) in [6, 6.07) is 8.97. The molecule has 0 saturated heterocycles. The Morgan fingerprint density at radius 1 is 1.17 bits per heavy atom. The van der Waals surface area contributed by atoms with Gasteiger partial charge in [0.25, 0.3) is 10.1 Å². The van der Waals surface area contributed by atoms with Crippen molar-refractivity contribution in [2.45, 2.75) is 14.7 Å². The predicted molar refractivity (Wildman–Crippen MR) is 72.3 cm³/mol. The van der Waals surface area contributed by atoms with Crippen molar-refractivity contribution in [2.75, 3.05) is 0 Å². The third kappa shape index (κ3) is 3.32. The molecule has 1 heterocycles. The van der Waals surface area contributed by atoms with Crippen LogP contribution in [-0.4, -0.2) is 18.0 Å². The molecule has 0 saturated carbocycles. The highest BCUT2D eigenvalue weighted by molar-refractivity contribution is 9.10. The lowest BCUT2D eigenvalue weighted by Crippen LogP contribution is -2.00. The van der Waals surface area contributed by atoms with Gasteiger partial charge in [-0.1, -0.05) is 27.7 Å². The second kappa shape index (κ2) is 5.40. The van der Waals surface area contributed by atoms with Crippen LogP contribution in [0.15, 0.2) is 61.9 Å². The highest BCUT2D eigenvalue weighted by Crippen LogP contribution is 2.32. The number of rotatable bonds is 3. The fraction of sp³-hybridized carbons (Fsp3) is 0. The second-order valence-corrected chi connectivity index (χ2v) is 6.77. The van der Waals surface area contributed by atoms with Gasteiger partial charge in [-0.25, -0.2) is 0 Å². The summed E-state index contributed by atoms with van der Waals surface area (Å²) >= 11 is 4.57. The van der Waals surface area contributed by atoms with Crippen LogP contribution >= 0.6 is 27.7 Å². The zero-order valence-corrected chi connectivity index (χ0v) is 12.2. The van der Waals surface area contributed by atoms with E-state index in [9.17, 15) is 8.42 Å². The summed E-state index contributed by atoms with van der Waals surface area (Å²) in [5.74, 6) is 0. The van der Waals surface area contributed by atoms with Crippen LogP contribution in [0.1, 0.15) is 0 Å². The fourth-order valence-electron chi connectivity index (χ4n) is 1.27. The van der Waals surface area contributed by atoms with E-state index in [2.05, 4.69) is 20.9 Å². The average molecular weight is 346 g/mol. The molecule has 4 nitrogen and oxygen atoms in total. The molecular formula is C11H8BrNO3S2. The van der Waals surface area contributed by atoms with Crippen LogP contribution in [0.3, 0.4) is 0 Å². The molecule has 0 radical (unpaired) electrons. The van der Waals surface area contributed by atoms with E-state index < -0.39 is 10.1 Å². The van der Waals surface area contributed by atoms with Gasteiger partial charge < -0.3 is 0 Å². The molecule has 0 unspecified atom stereocenters. The first-order chi connectivity index (χ1) is 8.47. The van der Waals surface area contributed by atoms with Gasteiger partial charge in [0, 0.05) is 26.7 Å². The van der Waals surface area contributed by atoms with Crippen LogP contribution in [0.4, 0.5) is 0 Å². The zero-order valence-electron chi connectivity index (χ0n) is 8.95. The maximum Gasteiger partial charge on any atom is 0.297 e. The zero-order chi connectivity index (χ0) is 13.2. The highest BCUT2D eigenvalue weighted by Gasteiger charge is 2.16. The average Bonchev–Trinajstić information content (AvgIpc) is 2.31. The largest absolute Gasteiger partial charge is 0.297 e. The molecule has 0 amide bonds. The maximum absolute atomic E-state index is 11.2. The first-order valence-electron chi connectivity index (χ1n) is 4.82. The summed E-state index contributed by atoms with van der Waals surface area (Å²) < 4.78 is 32.4. The normalized spacial score (nSPS) is 11.4. The molecule has 0 aliphatic heterocycles. The first-order valence-corrected chi connectivity index (χ1v) is 7.87. The third-order valence-electron chi connectivity index (χ3n) is 2.07. The number of halogens is 1. The molecule has 18 heavy (non-hydrogen) atoms. The highest BCUT2D eigenvalue weighted by atomic mass is 79.9. The smallest absolute Gasteiger partial charge is 0.282 e. The van der Waals surface area contributed by atoms with Gasteiger partial charge in [0.1, 0.15) is 4.90 Å². The molecule has 0 fully saturated rings. The monoisotopic (exact) mass is 345 g/mol. The van der Waals surface area contributed by atoms with E-state index in [1.54, 1.807) is 6.07 Å². The minimum absolute atomic E-state index is 0.182. The molecule has 0 aliphatic rings. The van der Waals surface area contributed by atoms with Crippen molar-refractivity contribution in [2.24, 2.45) is 0 Å². The standard InChI is InChI=1S/C11H8BrNO3S2/c12-8-1-3-9(4-2-8)17-10-5-6-13-7-11(10)18(14,15)16/h1-7H,(H,14,15,16). The van der Waals surface area contributed by atoms with Crippen LogP contribution in [0.5, 0.6) is 0 Å². The molecule has 0 spiro atoms. The molecule has 7 heteroatoms. The van der Waals surface area contributed by atoms with Crippen molar-refractivity contribution in [3.63, 3.8) is 0 Å². The lowest BCUT2D eigenvalue weighted by molar-refractivity contribution is 0.480. The van der Waals surface area contributed by atoms with E-state index in [4.69, 9.17) is 4.55 Å². The Kier molecular flexibility index (Phi) is 4.06. The van der Waals surface area contributed by atoms with Gasteiger partial charge in [0.05, 0.1) is 0 Å². The van der Waals surface area contributed by atoms with Crippen LogP contribution < -0.4 is 0 Å². The van der Waals surface area contributed by atoms with Gasteiger partial charge in [0.15, 0.2) is 0 Å². The van der Waals surface area contributed by atoms with Crippen molar-refractivity contribution in [1.82, 2.24) is 4.98 Å². The van der Waals surface area contributed by atoms with E-state index in [-0.39, 0.29) is 4.90 Å². The summed E-state index contributed by atoms with van der Waals surface area (Å²) in [6.45, 7) is 0. The molecule has 0 aliphatic carbocycles. The van der Waals surface area contributed by atoms with Gasteiger partial charge in [-0.2, -0.15) is 8.42 Å². The summed E-state index contributed by atoms with van der Waals surface area (Å²) in [5, 5.41) is 0. The molecule has 0 atom stereocenters. The van der Waals surface area contributed by atoms with E-state index in [1.165, 1.54) is 18.0 Å². The number of benzene rings is 1. The topological polar surface area (TPSA) is 67.3 Å². The number of aromatic nitrogens is 1. The number of hydrogen-bond donors (Lipinski definition) is 1. The summed E-state index contributed by atoms with van der Waals surface area (Å²) in [6.07, 6.45) is 2.62. The minimum Gasteiger partial charge on any atom is -0.282 e. The van der Waals surface area contributed by atoms with Crippen molar-refractivity contribution >= 4 is 37.8 Å². The molecule has 1 aromatic heterocycles. The second-order valence-electron chi connectivity index (χ2n) is 3.35. The predicted octanol–water partition coefficient (Wildman–Crippen LogP) is 3.24. The Morgan fingerprint density at radius 3 is 2.44 bits per heavy atom. The van der Waals surface area contributed by atoms with Gasteiger partial charge in [-0.3, -0.25) is 9.54 Å². The van der Waals surface area contributed by atoms with Crippen molar-refractivity contribution in [1.29, 1.82) is 0 Å². The Labute approximate surface area is 117 Å². The summed E-state index contributed by atoms with van der Waals surface area (Å²) in [5.41, 5.74) is 0. The van der Waals surface area contributed by atoms with Crippen LogP contribution in [0.25, 0.3) is 0 Å². The van der Waals surface area contributed by atoms with Crippen molar-refractivity contribution < 1.29 is 13.0 Å². The maximum atomic E-state index is 11.2. The lowest BCUT2D eigenvalue weighted by Gasteiger charge is -2.05. The molecule has 2 aromatic rings. The van der Waals surface area contributed by atoms with Crippen molar-refractivity contribution in [3.8, 4) is 0 Å². The van der Waals surface area contributed by atoms with E-state index in [0.717, 1.165) is 15.6 Å². The molecule has 1 aromatic carbocycles. The minimum atomic E-state index is -4.25. The molecular weight excluding hydrogens is 338 g/mol. The van der Waals surface area contributed by atoms with Crippen molar-refractivity contribution in [3.05, 3.63) is 47.2 Å². The molecule has 1 N–H and O–H groups in total. The molecule has 94 valence electrons. The first kappa shape index (κ1) is 13.5. The van der Waals surface area contributed by atoms with Gasteiger partial charge in [-0.15, -0.1) is 0 Å². The van der Waals surface area contributed by atoms with E-state index in [1.807, 2.05) is 24.3 Å². The number of pyridine rings is 1. The summed E-state index contributed by atoms with van der Waals surface area (Å²) in [7, 11) is -4.25. The number of hydrogen-bond acceptors (Lipinski definition) is 4. The molecule has 2 rings (SSSR count). The van der Waals surface area contributed by atoms with Gasteiger partial charge >= 0.3 is 0 Å². The van der Waals surface area contributed by atoms with E-state index >= 15 is 0 Å². The Bertz CT molecular complexity index is 656. The number of nitrogens with zero attached hydrogens (tertiary/aromatic N) is 1.